The van der Waals surface area contributed by atoms with Crippen molar-refractivity contribution < 1.29 is 31.5 Å². The van der Waals surface area contributed by atoms with Crippen LogP contribution in [0, 0.1) is 0 Å². The molecular formula is C14H13F5N2O2. The summed E-state index contributed by atoms with van der Waals surface area (Å²) in [6, 6.07) is 6.76. The number of alkyl halides is 5. The van der Waals surface area contributed by atoms with Crippen molar-refractivity contribution in [2.45, 2.75) is 19.5 Å². The highest BCUT2D eigenvalue weighted by atomic mass is 19.4. The van der Waals surface area contributed by atoms with E-state index in [1.54, 1.807) is 0 Å². The molecule has 0 radical (unpaired) electrons. The maximum absolute atomic E-state index is 13.2. The maximum atomic E-state index is 13.2. The van der Waals surface area contributed by atoms with E-state index in [9.17, 15) is 26.7 Å². The van der Waals surface area contributed by atoms with Crippen molar-refractivity contribution in [2.75, 3.05) is 6.61 Å². The van der Waals surface area contributed by atoms with E-state index in [-0.39, 0.29) is 12.3 Å². The number of allylic oxidation sites excluding steroid dienone is 1. The van der Waals surface area contributed by atoms with Crippen LogP contribution in [-0.4, -0.2) is 30.9 Å². The second-order valence-electron chi connectivity index (χ2n) is 4.15. The van der Waals surface area contributed by atoms with Crippen LogP contribution < -0.4 is 5.73 Å². The van der Waals surface area contributed by atoms with Gasteiger partial charge in [0, 0.05) is 0 Å². The minimum absolute atomic E-state index is 0.177. The smallest absolute Gasteiger partial charge is 0.434 e. The number of esters is 1. The van der Waals surface area contributed by atoms with E-state index in [0.717, 1.165) is 0 Å². The lowest BCUT2D eigenvalue weighted by Gasteiger charge is -2.16. The van der Waals surface area contributed by atoms with E-state index in [1.807, 2.05) is 0 Å². The summed E-state index contributed by atoms with van der Waals surface area (Å²) in [4.78, 5) is 14.9. The fourth-order valence-electron chi connectivity index (χ4n) is 1.56. The fourth-order valence-corrected chi connectivity index (χ4v) is 1.56. The van der Waals surface area contributed by atoms with E-state index < -0.39 is 35.6 Å². The van der Waals surface area contributed by atoms with E-state index >= 15 is 0 Å². The van der Waals surface area contributed by atoms with Crippen molar-refractivity contribution in [1.29, 1.82) is 0 Å². The molecule has 0 aliphatic carbocycles. The highest BCUT2D eigenvalue weighted by molar-refractivity contribution is 6.23. The van der Waals surface area contributed by atoms with Crippen molar-refractivity contribution >= 4 is 17.4 Å². The first kappa shape index (κ1) is 18.6. The van der Waals surface area contributed by atoms with Crippen LogP contribution in [0.1, 0.15) is 6.92 Å². The third kappa shape index (κ3) is 5.04. The lowest BCUT2D eigenvalue weighted by atomic mass is 10.1. The molecule has 0 aliphatic rings. The van der Waals surface area contributed by atoms with Crippen LogP contribution in [0.15, 0.2) is 46.6 Å². The van der Waals surface area contributed by atoms with Gasteiger partial charge in [0.1, 0.15) is 5.57 Å². The van der Waals surface area contributed by atoms with Crippen LogP contribution in [0.25, 0.3) is 0 Å². The quantitative estimate of drug-likeness (QED) is 0.388. The molecule has 2 N–H and O–H groups in total. The number of hydrogen-bond acceptors (Lipinski definition) is 4. The fraction of sp³-hybridized carbons (Fsp3) is 0.286. The molecule has 0 atom stereocenters. The number of carbonyl (C=O) groups is 1. The summed E-state index contributed by atoms with van der Waals surface area (Å²) in [7, 11) is 0. The van der Waals surface area contributed by atoms with Crippen molar-refractivity contribution in [2.24, 2.45) is 10.7 Å². The molecule has 1 rings (SSSR count). The molecule has 0 aliphatic heterocycles. The minimum atomic E-state index is -5.18. The summed E-state index contributed by atoms with van der Waals surface area (Å²) in [5.41, 5.74) is -0.0530. The Hall–Kier alpha value is -2.45. The van der Waals surface area contributed by atoms with Crippen molar-refractivity contribution in [3.8, 4) is 0 Å². The Balaban J connectivity index is 3.56. The largest absolute Gasteiger partial charge is 0.462 e. The first-order valence-electron chi connectivity index (χ1n) is 6.34. The number of nitrogens with zero attached hydrogens (tertiary/aromatic N) is 1. The highest BCUT2D eigenvalue weighted by Crippen LogP contribution is 2.28. The van der Waals surface area contributed by atoms with Crippen LogP contribution in [0.2, 0.25) is 0 Å². The number of aliphatic imine (C=N–C) groups is 1. The number of ether oxygens (including phenoxy) is 1. The molecule has 23 heavy (non-hydrogen) atoms. The molecule has 0 spiro atoms. The standard InChI is InChI=1S/C14H13F5N2O2/c1-2-23-13(22)9(10(20)12(15)16)11(14(17,18)19)21-8-6-4-3-5-7-8/h3-7,12H,2,20H2,1H3. The molecule has 0 aromatic heterocycles. The molecule has 0 amide bonds. The van der Waals surface area contributed by atoms with Crippen molar-refractivity contribution in [3.63, 3.8) is 0 Å². The van der Waals surface area contributed by atoms with Crippen molar-refractivity contribution in [1.82, 2.24) is 0 Å². The van der Waals surface area contributed by atoms with Gasteiger partial charge >= 0.3 is 12.1 Å². The van der Waals surface area contributed by atoms with Crippen LogP contribution in [-0.2, 0) is 9.53 Å². The molecule has 0 bridgehead atoms. The van der Waals surface area contributed by atoms with Gasteiger partial charge < -0.3 is 10.5 Å². The monoisotopic (exact) mass is 336 g/mol. The summed E-state index contributed by atoms with van der Waals surface area (Å²) in [6.07, 6.45) is -8.66. The van der Waals surface area contributed by atoms with Crippen molar-refractivity contribution in [3.05, 3.63) is 41.6 Å². The Morgan fingerprint density at radius 2 is 1.83 bits per heavy atom. The zero-order valence-electron chi connectivity index (χ0n) is 11.9. The summed E-state index contributed by atoms with van der Waals surface area (Å²) < 4.78 is 69.5. The predicted octanol–water partition coefficient (Wildman–Crippen LogP) is 3.36. The lowest BCUT2D eigenvalue weighted by Crippen LogP contribution is -2.33. The van der Waals surface area contributed by atoms with E-state index in [4.69, 9.17) is 5.73 Å². The number of hydrogen-bond donors (Lipinski definition) is 1. The number of para-hydroxylation sites is 1. The number of benzene rings is 1. The van der Waals surface area contributed by atoms with E-state index in [2.05, 4.69) is 9.73 Å². The molecule has 1 aromatic rings. The number of nitrogens with two attached hydrogens (primary N) is 1. The van der Waals surface area contributed by atoms with E-state index in [1.165, 1.54) is 37.3 Å². The maximum Gasteiger partial charge on any atom is 0.434 e. The second-order valence-corrected chi connectivity index (χ2v) is 4.15. The van der Waals surface area contributed by atoms with Crippen LogP contribution in [0.5, 0.6) is 0 Å². The van der Waals surface area contributed by atoms with Gasteiger partial charge in [0.25, 0.3) is 6.43 Å². The van der Waals surface area contributed by atoms with Gasteiger partial charge in [-0.2, -0.15) is 13.2 Å². The summed E-state index contributed by atoms with van der Waals surface area (Å²) in [5.74, 6) is -1.61. The van der Waals surface area contributed by atoms with Crippen LogP contribution in [0.4, 0.5) is 27.6 Å². The zero-order valence-corrected chi connectivity index (χ0v) is 11.9. The lowest BCUT2D eigenvalue weighted by molar-refractivity contribution is -0.138. The third-order valence-corrected chi connectivity index (χ3v) is 2.51. The molecular weight excluding hydrogens is 323 g/mol. The Morgan fingerprint density at radius 3 is 2.26 bits per heavy atom. The Kier molecular flexibility index (Phi) is 6.23. The number of halogens is 5. The molecule has 0 saturated carbocycles. The molecule has 0 fully saturated rings. The normalized spacial score (nSPS) is 13.8. The first-order valence-corrected chi connectivity index (χ1v) is 6.34. The van der Waals surface area contributed by atoms with Crippen LogP contribution in [0.3, 0.4) is 0 Å². The van der Waals surface area contributed by atoms with Gasteiger partial charge in [-0.05, 0) is 19.1 Å². The van der Waals surface area contributed by atoms with Crippen LogP contribution >= 0.6 is 0 Å². The third-order valence-electron chi connectivity index (χ3n) is 2.51. The number of carbonyl (C=O) groups excluding carboxylic acids is 1. The van der Waals surface area contributed by atoms with Gasteiger partial charge in [-0.25, -0.2) is 18.6 Å². The zero-order chi connectivity index (χ0) is 17.6. The van der Waals surface area contributed by atoms with Gasteiger partial charge in [0.15, 0.2) is 5.71 Å². The molecule has 0 saturated heterocycles. The van der Waals surface area contributed by atoms with Gasteiger partial charge in [-0.1, -0.05) is 18.2 Å². The first-order chi connectivity index (χ1) is 10.7. The summed E-state index contributed by atoms with van der Waals surface area (Å²) in [6.45, 7) is 1.00. The topological polar surface area (TPSA) is 64.7 Å². The summed E-state index contributed by atoms with van der Waals surface area (Å²) in [5, 5.41) is 0. The minimum Gasteiger partial charge on any atom is -0.462 e. The molecule has 9 heteroatoms. The van der Waals surface area contributed by atoms with E-state index in [0.29, 0.717) is 0 Å². The van der Waals surface area contributed by atoms with Gasteiger partial charge in [0.05, 0.1) is 18.0 Å². The molecule has 0 heterocycles. The average molecular weight is 336 g/mol. The number of rotatable bonds is 5. The van der Waals surface area contributed by atoms with Gasteiger partial charge in [-0.15, -0.1) is 0 Å². The molecule has 1 aromatic carbocycles. The molecule has 126 valence electrons. The average Bonchev–Trinajstić information content (AvgIpc) is 2.46. The predicted molar refractivity (Wildman–Crippen MR) is 73.4 cm³/mol. The SMILES string of the molecule is CCOC(=O)C(C(=Nc1ccccc1)C(F)(F)F)=C(N)C(F)F. The summed E-state index contributed by atoms with van der Waals surface area (Å²) >= 11 is 0. The molecule has 4 nitrogen and oxygen atoms in total. The Labute approximate surface area is 128 Å². The van der Waals surface area contributed by atoms with Gasteiger partial charge in [-0.3, -0.25) is 0 Å². The molecule has 0 unspecified atom stereocenters. The Morgan fingerprint density at radius 1 is 1.26 bits per heavy atom. The van der Waals surface area contributed by atoms with Gasteiger partial charge in [0.2, 0.25) is 0 Å². The second kappa shape index (κ2) is 7.70. The Bertz CT molecular complexity index is 609. The highest BCUT2D eigenvalue weighted by Gasteiger charge is 2.43.